The second-order valence-electron chi connectivity index (χ2n) is 7.06. The maximum absolute atomic E-state index is 13.3. The molecule has 0 saturated heterocycles. The summed E-state index contributed by atoms with van der Waals surface area (Å²) in [6.45, 7) is 8.01. The molecular formula is C22H25N3O2S. The van der Waals surface area contributed by atoms with Gasteiger partial charge in [0.15, 0.2) is 5.16 Å². The van der Waals surface area contributed by atoms with E-state index >= 15 is 0 Å². The van der Waals surface area contributed by atoms with Crippen LogP contribution in [0.5, 0.6) is 0 Å². The molecule has 28 heavy (non-hydrogen) atoms. The van der Waals surface area contributed by atoms with E-state index in [4.69, 9.17) is 0 Å². The first-order valence-corrected chi connectivity index (χ1v) is 10.4. The summed E-state index contributed by atoms with van der Waals surface area (Å²) in [7, 11) is 0. The largest absolute Gasteiger partial charge is 0.353 e. The Morgan fingerprint density at radius 2 is 1.86 bits per heavy atom. The number of benzene rings is 2. The third kappa shape index (κ3) is 4.44. The smallest absolute Gasteiger partial charge is 0.266 e. The van der Waals surface area contributed by atoms with Crippen LogP contribution in [-0.2, 0) is 4.79 Å². The van der Waals surface area contributed by atoms with Crippen molar-refractivity contribution in [1.29, 1.82) is 0 Å². The molecule has 1 atom stereocenters. The van der Waals surface area contributed by atoms with Crippen molar-refractivity contribution in [2.24, 2.45) is 0 Å². The molecular weight excluding hydrogens is 370 g/mol. The van der Waals surface area contributed by atoms with Gasteiger partial charge in [-0.25, -0.2) is 4.98 Å². The van der Waals surface area contributed by atoms with Crippen molar-refractivity contribution >= 4 is 28.6 Å². The third-order valence-corrected chi connectivity index (χ3v) is 5.50. The fourth-order valence-corrected chi connectivity index (χ4v) is 3.89. The zero-order chi connectivity index (χ0) is 20.3. The third-order valence-electron chi connectivity index (χ3n) is 4.56. The van der Waals surface area contributed by atoms with E-state index in [-0.39, 0.29) is 23.3 Å². The summed E-state index contributed by atoms with van der Waals surface area (Å²) in [6, 6.07) is 13.4. The molecule has 3 rings (SSSR count). The Labute approximate surface area is 169 Å². The standard InChI is InChI=1S/C22H25N3O2S/c1-5-16(4)23-20(26)13-28-22-24-19-9-7-6-8-18(19)21(27)25(22)17-11-14(2)10-15(3)12-17/h6-12,16H,5,13H2,1-4H3,(H,23,26)/t16-/m1/s1. The van der Waals surface area contributed by atoms with Gasteiger partial charge >= 0.3 is 0 Å². The molecule has 6 heteroatoms. The Kier molecular flexibility index (Phi) is 6.19. The lowest BCUT2D eigenvalue weighted by molar-refractivity contribution is -0.119. The van der Waals surface area contributed by atoms with Gasteiger partial charge in [0, 0.05) is 6.04 Å². The van der Waals surface area contributed by atoms with Gasteiger partial charge in [-0.3, -0.25) is 14.2 Å². The Hall–Kier alpha value is -2.60. The summed E-state index contributed by atoms with van der Waals surface area (Å²) in [4.78, 5) is 30.2. The van der Waals surface area contributed by atoms with Gasteiger partial charge in [0.2, 0.25) is 5.91 Å². The van der Waals surface area contributed by atoms with Crippen molar-refractivity contribution < 1.29 is 4.79 Å². The Bertz CT molecular complexity index is 1050. The van der Waals surface area contributed by atoms with E-state index in [1.165, 1.54) is 11.8 Å². The van der Waals surface area contributed by atoms with Gasteiger partial charge in [-0.05, 0) is 62.6 Å². The molecule has 0 aliphatic rings. The molecule has 146 valence electrons. The van der Waals surface area contributed by atoms with E-state index in [1.54, 1.807) is 10.6 Å². The SMILES string of the molecule is CC[C@@H](C)NC(=O)CSc1nc2ccccc2c(=O)n1-c1cc(C)cc(C)c1. The average molecular weight is 396 g/mol. The fourth-order valence-electron chi connectivity index (χ4n) is 3.07. The number of hydrogen-bond acceptors (Lipinski definition) is 4. The van der Waals surface area contributed by atoms with Crippen LogP contribution >= 0.6 is 11.8 Å². The summed E-state index contributed by atoms with van der Waals surface area (Å²) < 4.78 is 1.61. The lowest BCUT2D eigenvalue weighted by Gasteiger charge is -2.15. The summed E-state index contributed by atoms with van der Waals surface area (Å²) in [5.74, 6) is 0.147. The van der Waals surface area contributed by atoms with Crippen LogP contribution in [0.1, 0.15) is 31.4 Å². The van der Waals surface area contributed by atoms with E-state index in [0.29, 0.717) is 16.1 Å². The molecule has 0 saturated carbocycles. The van der Waals surface area contributed by atoms with Crippen LogP contribution in [0.3, 0.4) is 0 Å². The van der Waals surface area contributed by atoms with E-state index in [9.17, 15) is 9.59 Å². The number of amides is 1. The van der Waals surface area contributed by atoms with Gasteiger partial charge in [0.1, 0.15) is 0 Å². The van der Waals surface area contributed by atoms with E-state index < -0.39 is 0 Å². The highest BCUT2D eigenvalue weighted by Crippen LogP contribution is 2.22. The van der Waals surface area contributed by atoms with Crippen LogP contribution in [0.25, 0.3) is 16.6 Å². The number of carbonyl (C=O) groups is 1. The van der Waals surface area contributed by atoms with Crippen molar-refractivity contribution in [3.63, 3.8) is 0 Å². The van der Waals surface area contributed by atoms with E-state index in [0.717, 1.165) is 23.2 Å². The van der Waals surface area contributed by atoms with Crippen LogP contribution in [0, 0.1) is 13.8 Å². The Morgan fingerprint density at radius 1 is 1.18 bits per heavy atom. The highest BCUT2D eigenvalue weighted by molar-refractivity contribution is 7.99. The van der Waals surface area contributed by atoms with Gasteiger partial charge < -0.3 is 5.32 Å². The molecule has 1 N–H and O–H groups in total. The van der Waals surface area contributed by atoms with Crippen molar-refractivity contribution in [1.82, 2.24) is 14.9 Å². The van der Waals surface area contributed by atoms with Gasteiger partial charge in [-0.15, -0.1) is 0 Å². The number of rotatable bonds is 6. The number of fused-ring (bicyclic) bond motifs is 1. The minimum Gasteiger partial charge on any atom is -0.353 e. The molecule has 0 aliphatic heterocycles. The lowest BCUT2D eigenvalue weighted by atomic mass is 10.1. The van der Waals surface area contributed by atoms with Crippen LogP contribution in [0.2, 0.25) is 0 Å². The molecule has 0 radical (unpaired) electrons. The second-order valence-corrected chi connectivity index (χ2v) is 8.01. The molecule has 3 aromatic rings. The number of nitrogens with zero attached hydrogens (tertiary/aromatic N) is 2. The van der Waals surface area contributed by atoms with Gasteiger partial charge in [0.25, 0.3) is 5.56 Å². The van der Waals surface area contributed by atoms with Gasteiger partial charge in [-0.2, -0.15) is 0 Å². The lowest BCUT2D eigenvalue weighted by Crippen LogP contribution is -2.33. The number of aryl methyl sites for hydroxylation is 2. The number of para-hydroxylation sites is 1. The highest BCUT2D eigenvalue weighted by atomic mass is 32.2. The molecule has 0 spiro atoms. The number of nitrogens with one attached hydrogen (secondary N) is 1. The second kappa shape index (κ2) is 8.61. The van der Waals surface area contributed by atoms with Crippen LogP contribution in [0.4, 0.5) is 0 Å². The van der Waals surface area contributed by atoms with E-state index in [1.807, 2.05) is 58.0 Å². The van der Waals surface area contributed by atoms with Gasteiger partial charge in [-0.1, -0.05) is 36.9 Å². The monoisotopic (exact) mass is 395 g/mol. The summed E-state index contributed by atoms with van der Waals surface area (Å²) >= 11 is 1.28. The number of hydrogen-bond donors (Lipinski definition) is 1. The first-order valence-electron chi connectivity index (χ1n) is 9.41. The normalized spacial score (nSPS) is 12.1. The number of carbonyl (C=O) groups excluding carboxylic acids is 1. The number of aromatic nitrogens is 2. The van der Waals surface area contributed by atoms with Crippen LogP contribution in [-0.4, -0.2) is 27.3 Å². The molecule has 0 unspecified atom stereocenters. The van der Waals surface area contributed by atoms with Crippen molar-refractivity contribution in [2.45, 2.75) is 45.3 Å². The average Bonchev–Trinajstić information content (AvgIpc) is 2.65. The molecule has 1 aromatic heterocycles. The van der Waals surface area contributed by atoms with Crippen LogP contribution < -0.4 is 10.9 Å². The summed E-state index contributed by atoms with van der Waals surface area (Å²) in [5.41, 5.74) is 3.42. The highest BCUT2D eigenvalue weighted by Gasteiger charge is 2.15. The Morgan fingerprint density at radius 3 is 2.54 bits per heavy atom. The zero-order valence-electron chi connectivity index (χ0n) is 16.7. The quantitative estimate of drug-likeness (QED) is 0.506. The minimum absolute atomic E-state index is 0.0614. The first-order chi connectivity index (χ1) is 13.4. The minimum atomic E-state index is -0.125. The van der Waals surface area contributed by atoms with Crippen LogP contribution in [0.15, 0.2) is 52.4 Å². The molecule has 5 nitrogen and oxygen atoms in total. The predicted molar refractivity (Wildman–Crippen MR) is 115 cm³/mol. The Balaban J connectivity index is 2.07. The molecule has 0 aliphatic carbocycles. The van der Waals surface area contributed by atoms with Gasteiger partial charge in [0.05, 0.1) is 22.3 Å². The predicted octanol–water partition coefficient (Wildman–Crippen LogP) is 4.01. The number of thioether (sulfide) groups is 1. The molecule has 0 fully saturated rings. The van der Waals surface area contributed by atoms with E-state index in [2.05, 4.69) is 16.4 Å². The van der Waals surface area contributed by atoms with Crippen molar-refractivity contribution in [3.05, 3.63) is 63.9 Å². The van der Waals surface area contributed by atoms with Crippen molar-refractivity contribution in [3.8, 4) is 5.69 Å². The topological polar surface area (TPSA) is 64.0 Å². The van der Waals surface area contributed by atoms with Crippen molar-refractivity contribution in [2.75, 3.05) is 5.75 Å². The fraction of sp³-hybridized carbons (Fsp3) is 0.318. The molecule has 2 aromatic carbocycles. The first kappa shape index (κ1) is 20.1. The maximum atomic E-state index is 13.3. The zero-order valence-corrected chi connectivity index (χ0v) is 17.5. The maximum Gasteiger partial charge on any atom is 0.266 e. The summed E-state index contributed by atoms with van der Waals surface area (Å²) in [6.07, 6.45) is 0.873. The molecule has 1 heterocycles. The molecule has 1 amide bonds. The summed E-state index contributed by atoms with van der Waals surface area (Å²) in [5, 5.41) is 4.04. The molecule has 0 bridgehead atoms.